The number of rotatable bonds is 5. The molecular formula is C26H42O4Si2. The zero-order valence-electron chi connectivity index (χ0n) is 21.8. The summed E-state index contributed by atoms with van der Waals surface area (Å²) in [4.78, 5) is 26.8. The van der Waals surface area contributed by atoms with Gasteiger partial charge in [-0.2, -0.15) is 0 Å². The van der Waals surface area contributed by atoms with Gasteiger partial charge in [0.25, 0.3) is 5.97 Å². The molecule has 32 heavy (non-hydrogen) atoms. The highest BCUT2D eigenvalue weighted by molar-refractivity contribution is 6.71. The number of hydrogen-bond donors (Lipinski definition) is 0. The topological polar surface area (TPSA) is 52.6 Å². The molecule has 0 aromatic heterocycles. The van der Waals surface area contributed by atoms with E-state index < -0.39 is 27.7 Å². The summed E-state index contributed by atoms with van der Waals surface area (Å²) in [7, 11) is -3.77. The van der Waals surface area contributed by atoms with Crippen LogP contribution in [-0.4, -0.2) is 28.4 Å². The summed E-state index contributed by atoms with van der Waals surface area (Å²) >= 11 is 0. The molecule has 3 unspecified atom stereocenters. The van der Waals surface area contributed by atoms with Crippen LogP contribution in [0.1, 0.15) is 74.9 Å². The third-order valence-electron chi connectivity index (χ3n) is 7.38. The van der Waals surface area contributed by atoms with E-state index in [-0.39, 0.29) is 23.1 Å². The Bertz CT molecular complexity index is 925. The van der Waals surface area contributed by atoms with Crippen LogP contribution in [0.25, 0.3) is 0 Å². The predicted molar refractivity (Wildman–Crippen MR) is 135 cm³/mol. The van der Waals surface area contributed by atoms with Crippen LogP contribution in [-0.2, 0) is 24.7 Å². The van der Waals surface area contributed by atoms with Gasteiger partial charge < -0.3 is 8.85 Å². The van der Waals surface area contributed by atoms with Crippen LogP contribution in [0.5, 0.6) is 0 Å². The first kappa shape index (κ1) is 25.4. The van der Waals surface area contributed by atoms with Gasteiger partial charge >= 0.3 is 0 Å². The Balaban J connectivity index is 2.04. The Kier molecular flexibility index (Phi) is 6.28. The van der Waals surface area contributed by atoms with Gasteiger partial charge in [0.2, 0.25) is 8.32 Å². The lowest BCUT2D eigenvalue weighted by Gasteiger charge is -2.54. The second-order valence-electron chi connectivity index (χ2n) is 12.9. The largest absolute Gasteiger partial charge is 0.519 e. The molecule has 0 heterocycles. The molecule has 1 fully saturated rings. The van der Waals surface area contributed by atoms with Gasteiger partial charge in [0.1, 0.15) is 0 Å². The van der Waals surface area contributed by atoms with Gasteiger partial charge in [-0.3, -0.25) is 9.59 Å². The van der Waals surface area contributed by atoms with Gasteiger partial charge in [-0.15, -0.1) is 0 Å². The minimum absolute atomic E-state index is 0.0373. The van der Waals surface area contributed by atoms with Crippen molar-refractivity contribution in [1.29, 1.82) is 0 Å². The summed E-state index contributed by atoms with van der Waals surface area (Å²) in [5.74, 6) is -0.00289. The highest BCUT2D eigenvalue weighted by Gasteiger charge is 2.57. The van der Waals surface area contributed by atoms with E-state index in [2.05, 4.69) is 58.6 Å². The van der Waals surface area contributed by atoms with Crippen LogP contribution in [0.4, 0.5) is 0 Å². The SMILES string of the molecule is CC(C)(O[Si](C)(C)C)c1ccc2c(c1)C(=O)CC1C(C)(C(=O)O[Si](C)(C)C)CCCC21C. The van der Waals surface area contributed by atoms with Crippen molar-refractivity contribution in [3.63, 3.8) is 0 Å². The molecule has 6 heteroatoms. The summed E-state index contributed by atoms with van der Waals surface area (Å²) in [6.45, 7) is 21.2. The van der Waals surface area contributed by atoms with Crippen molar-refractivity contribution >= 4 is 28.4 Å². The lowest BCUT2D eigenvalue weighted by atomic mass is 9.49. The van der Waals surface area contributed by atoms with Crippen LogP contribution < -0.4 is 0 Å². The van der Waals surface area contributed by atoms with E-state index in [1.54, 1.807) is 0 Å². The average molecular weight is 475 g/mol. The Morgan fingerprint density at radius 2 is 1.66 bits per heavy atom. The van der Waals surface area contributed by atoms with Crippen molar-refractivity contribution in [3.05, 3.63) is 34.9 Å². The number of hydrogen-bond acceptors (Lipinski definition) is 4. The molecule has 2 aliphatic carbocycles. The maximum Gasteiger partial charge on any atom is 0.298 e. The molecule has 0 amide bonds. The molecule has 0 N–H and O–H groups in total. The smallest absolute Gasteiger partial charge is 0.298 e. The molecule has 178 valence electrons. The highest BCUT2D eigenvalue weighted by atomic mass is 28.4. The van der Waals surface area contributed by atoms with Crippen molar-refractivity contribution in [1.82, 2.24) is 0 Å². The van der Waals surface area contributed by atoms with Gasteiger partial charge in [-0.25, -0.2) is 0 Å². The van der Waals surface area contributed by atoms with E-state index in [1.165, 1.54) is 0 Å². The van der Waals surface area contributed by atoms with Crippen molar-refractivity contribution in [2.24, 2.45) is 11.3 Å². The molecule has 1 aromatic carbocycles. The highest BCUT2D eigenvalue weighted by Crippen LogP contribution is 2.58. The zero-order chi connectivity index (χ0) is 24.3. The van der Waals surface area contributed by atoms with Crippen LogP contribution in [0.15, 0.2) is 18.2 Å². The number of benzene rings is 1. The van der Waals surface area contributed by atoms with Gasteiger partial charge in [-0.05, 0) is 101 Å². The standard InChI is InChI=1S/C26H42O4Si2/c1-24(2,30-32(8,9)10)18-12-13-20-19(16-18)21(27)17-22-25(20,3)14-11-15-26(22,4)23(28)29-31(5,6)7/h12-13,16,22H,11,14-15,17H2,1-10H3. The molecule has 3 rings (SSSR count). The van der Waals surface area contributed by atoms with Crippen LogP contribution in [0, 0.1) is 11.3 Å². The molecule has 0 spiro atoms. The lowest BCUT2D eigenvalue weighted by Crippen LogP contribution is -2.55. The molecule has 2 aliphatic rings. The summed E-state index contributed by atoms with van der Waals surface area (Å²) in [6, 6.07) is 6.33. The first-order valence-corrected chi connectivity index (χ1v) is 18.8. The van der Waals surface area contributed by atoms with E-state index in [1.807, 2.05) is 26.6 Å². The lowest BCUT2D eigenvalue weighted by molar-refractivity contribution is -0.154. The molecule has 3 atom stereocenters. The fourth-order valence-electron chi connectivity index (χ4n) is 6.05. The second kappa shape index (κ2) is 7.91. The zero-order valence-corrected chi connectivity index (χ0v) is 23.8. The Morgan fingerprint density at radius 3 is 2.22 bits per heavy atom. The molecule has 0 bridgehead atoms. The van der Waals surface area contributed by atoms with Crippen molar-refractivity contribution < 1.29 is 18.4 Å². The first-order chi connectivity index (χ1) is 14.4. The minimum Gasteiger partial charge on any atom is -0.519 e. The number of ketones is 1. The summed E-state index contributed by atoms with van der Waals surface area (Å²) in [5, 5.41) is 0. The Labute approximate surface area is 196 Å². The van der Waals surface area contributed by atoms with E-state index >= 15 is 0 Å². The molecule has 0 saturated heterocycles. The van der Waals surface area contributed by atoms with E-state index in [0.717, 1.165) is 36.0 Å². The van der Waals surface area contributed by atoms with Crippen LogP contribution >= 0.6 is 0 Å². The summed E-state index contributed by atoms with van der Waals surface area (Å²) in [5.41, 5.74) is 1.68. The van der Waals surface area contributed by atoms with Crippen LogP contribution in [0.3, 0.4) is 0 Å². The average Bonchev–Trinajstić information content (AvgIpc) is 2.60. The quantitative estimate of drug-likeness (QED) is 0.440. The molecule has 1 aromatic rings. The molecular weight excluding hydrogens is 432 g/mol. The van der Waals surface area contributed by atoms with E-state index in [4.69, 9.17) is 8.85 Å². The van der Waals surface area contributed by atoms with Crippen LogP contribution in [0.2, 0.25) is 39.3 Å². The first-order valence-electron chi connectivity index (χ1n) is 12.0. The van der Waals surface area contributed by atoms with E-state index in [0.29, 0.717) is 6.42 Å². The second-order valence-corrected chi connectivity index (χ2v) is 21.7. The normalized spacial score (nSPS) is 28.7. The number of carbonyl (C=O) groups excluding carboxylic acids is 2. The van der Waals surface area contributed by atoms with Gasteiger partial charge in [0, 0.05) is 12.0 Å². The monoisotopic (exact) mass is 474 g/mol. The predicted octanol–water partition coefficient (Wildman–Crippen LogP) is 6.80. The van der Waals surface area contributed by atoms with Crippen molar-refractivity contribution in [2.75, 3.05) is 0 Å². The van der Waals surface area contributed by atoms with Gasteiger partial charge in [-0.1, -0.05) is 25.5 Å². The molecule has 1 saturated carbocycles. The maximum atomic E-state index is 13.5. The fourth-order valence-corrected chi connectivity index (χ4v) is 8.49. The Morgan fingerprint density at radius 1 is 1.03 bits per heavy atom. The summed E-state index contributed by atoms with van der Waals surface area (Å²) < 4.78 is 12.4. The maximum absolute atomic E-state index is 13.5. The third kappa shape index (κ3) is 4.69. The third-order valence-corrected chi connectivity index (χ3v) is 9.30. The molecule has 4 nitrogen and oxygen atoms in total. The number of carbonyl (C=O) groups is 2. The number of Topliss-reactive ketones (excluding diaryl/α,β-unsaturated/α-hetero) is 1. The molecule has 0 radical (unpaired) electrons. The Hall–Kier alpha value is -1.25. The van der Waals surface area contributed by atoms with Gasteiger partial charge in [0.05, 0.1) is 11.0 Å². The summed E-state index contributed by atoms with van der Waals surface area (Å²) in [6.07, 6.45) is 3.14. The minimum atomic E-state index is -2.01. The van der Waals surface area contributed by atoms with Crippen molar-refractivity contribution in [3.8, 4) is 0 Å². The molecule has 0 aliphatic heterocycles. The van der Waals surface area contributed by atoms with E-state index in [9.17, 15) is 9.59 Å². The van der Waals surface area contributed by atoms with Crippen molar-refractivity contribution in [2.45, 2.75) is 104 Å². The number of fused-ring (bicyclic) bond motifs is 3. The fraction of sp³-hybridized carbons (Fsp3) is 0.692. The van der Waals surface area contributed by atoms with Gasteiger partial charge in [0.15, 0.2) is 14.1 Å².